The van der Waals surface area contributed by atoms with E-state index in [-0.39, 0.29) is 23.2 Å². The lowest BCUT2D eigenvalue weighted by molar-refractivity contribution is 0.262. The Labute approximate surface area is 207 Å². The molecule has 2 amide bonds. The average molecular weight is 542 g/mol. The number of carbonyl (C=O) groups is 1. The van der Waals surface area contributed by atoms with Crippen LogP contribution in [-0.2, 0) is 0 Å². The van der Waals surface area contributed by atoms with Gasteiger partial charge in [0.05, 0.1) is 7.11 Å². The van der Waals surface area contributed by atoms with Gasteiger partial charge in [-0.15, -0.1) is 0 Å². The minimum absolute atomic E-state index is 0.0857. The Morgan fingerprint density at radius 3 is 2.37 bits per heavy atom. The number of phenolic OH excluding ortho intramolecular Hbond substituents is 2. The van der Waals surface area contributed by atoms with E-state index in [0.717, 1.165) is 10.7 Å². The summed E-state index contributed by atoms with van der Waals surface area (Å²) in [5.74, 6) is 1.34. The molecule has 4 aromatic rings. The van der Waals surface area contributed by atoms with Crippen molar-refractivity contribution < 1.29 is 24.5 Å². The first-order chi connectivity index (χ1) is 16.8. The summed E-state index contributed by atoms with van der Waals surface area (Å²) in [5, 5.41) is 34.1. The number of amides is 2. The highest BCUT2D eigenvalue weighted by molar-refractivity contribution is 9.10. The number of carbonyl (C=O) groups excluding carboxylic acids is 1. The van der Waals surface area contributed by atoms with Crippen molar-refractivity contribution in [3.8, 4) is 29.0 Å². The first-order valence-corrected chi connectivity index (χ1v) is 10.9. The summed E-state index contributed by atoms with van der Waals surface area (Å²) in [6.45, 7) is 1.80. The van der Waals surface area contributed by atoms with Gasteiger partial charge in [-0.1, -0.05) is 0 Å². The van der Waals surface area contributed by atoms with Gasteiger partial charge in [-0.2, -0.15) is 10.1 Å². The lowest BCUT2D eigenvalue weighted by Crippen LogP contribution is -2.19. The number of hydrogen-bond donors (Lipinski definition) is 6. The van der Waals surface area contributed by atoms with Gasteiger partial charge >= 0.3 is 12.0 Å². The van der Waals surface area contributed by atoms with E-state index in [1.807, 2.05) is 0 Å². The number of aromatic nitrogens is 4. The Kier molecular flexibility index (Phi) is 6.87. The van der Waals surface area contributed by atoms with Crippen LogP contribution in [0.15, 0.2) is 53.1 Å². The van der Waals surface area contributed by atoms with Gasteiger partial charge in [-0.25, -0.2) is 9.78 Å². The van der Waals surface area contributed by atoms with Gasteiger partial charge in [0, 0.05) is 53.5 Å². The summed E-state index contributed by atoms with van der Waals surface area (Å²) < 4.78 is 12.0. The molecule has 0 aliphatic rings. The molecule has 2 aromatic heterocycles. The van der Waals surface area contributed by atoms with Gasteiger partial charge in [0.1, 0.15) is 21.9 Å². The normalized spacial score (nSPS) is 10.5. The van der Waals surface area contributed by atoms with E-state index in [2.05, 4.69) is 52.0 Å². The maximum Gasteiger partial charge on any atom is 0.324 e. The Morgan fingerprint density at radius 2 is 1.69 bits per heavy atom. The maximum atomic E-state index is 12.3. The number of halogens is 1. The first kappa shape index (κ1) is 23.6. The lowest BCUT2D eigenvalue weighted by Gasteiger charge is -2.13. The first-order valence-electron chi connectivity index (χ1n) is 10.1. The number of aromatic hydroxyl groups is 2. The van der Waals surface area contributed by atoms with Crippen LogP contribution in [0.25, 0.3) is 0 Å². The van der Waals surface area contributed by atoms with Gasteiger partial charge in [0.2, 0.25) is 0 Å². The molecule has 0 radical (unpaired) electrons. The highest BCUT2D eigenvalue weighted by Crippen LogP contribution is 2.33. The van der Waals surface area contributed by atoms with E-state index in [9.17, 15) is 15.0 Å². The zero-order valence-corrected chi connectivity index (χ0v) is 20.0. The van der Waals surface area contributed by atoms with Crippen LogP contribution in [0.4, 0.5) is 27.8 Å². The van der Waals surface area contributed by atoms with Crippen molar-refractivity contribution >= 4 is 45.0 Å². The predicted octanol–water partition coefficient (Wildman–Crippen LogP) is 4.87. The molecule has 6 N–H and O–H groups in total. The lowest BCUT2D eigenvalue weighted by atomic mass is 10.2. The minimum atomic E-state index is -0.589. The number of anilines is 4. The number of hydrogen-bond acceptors (Lipinski definition) is 9. The van der Waals surface area contributed by atoms with Crippen molar-refractivity contribution in [2.24, 2.45) is 0 Å². The monoisotopic (exact) mass is 541 g/mol. The number of phenols is 2. The molecule has 13 heteroatoms. The topological polar surface area (TPSA) is 167 Å². The number of H-pyrrole nitrogens is 1. The maximum absolute atomic E-state index is 12.3. The molecular weight excluding hydrogens is 522 g/mol. The summed E-state index contributed by atoms with van der Waals surface area (Å²) in [5.41, 5.74) is 1.29. The van der Waals surface area contributed by atoms with E-state index < -0.39 is 6.03 Å². The summed E-state index contributed by atoms with van der Waals surface area (Å²) in [6.07, 6.45) is 0. The molecule has 2 heterocycles. The molecule has 0 spiro atoms. The van der Waals surface area contributed by atoms with Crippen molar-refractivity contribution in [1.82, 2.24) is 20.2 Å². The summed E-state index contributed by atoms with van der Waals surface area (Å²) in [7, 11) is 1.46. The fraction of sp³-hybridized carbons (Fsp3) is 0.0909. The van der Waals surface area contributed by atoms with Crippen LogP contribution >= 0.6 is 15.9 Å². The second-order valence-electron chi connectivity index (χ2n) is 7.19. The van der Waals surface area contributed by atoms with Gasteiger partial charge < -0.3 is 35.6 Å². The summed E-state index contributed by atoms with van der Waals surface area (Å²) >= 11 is 3.30. The van der Waals surface area contributed by atoms with Gasteiger partial charge in [0.15, 0.2) is 17.3 Å². The molecule has 4 rings (SSSR count). The number of ether oxygens (including phenoxy) is 2. The number of aromatic amines is 1. The fourth-order valence-electron chi connectivity index (χ4n) is 3.03. The van der Waals surface area contributed by atoms with Crippen LogP contribution in [0.2, 0.25) is 0 Å². The number of nitrogens with one attached hydrogen (secondary N) is 4. The molecule has 35 heavy (non-hydrogen) atoms. The van der Waals surface area contributed by atoms with Gasteiger partial charge in [0.25, 0.3) is 0 Å². The van der Waals surface area contributed by atoms with Crippen molar-refractivity contribution in [3.05, 3.63) is 58.8 Å². The Hall–Kier alpha value is -4.52. The second kappa shape index (κ2) is 10.2. The van der Waals surface area contributed by atoms with Crippen molar-refractivity contribution in [1.29, 1.82) is 0 Å². The number of benzene rings is 2. The fourth-order valence-corrected chi connectivity index (χ4v) is 3.34. The van der Waals surface area contributed by atoms with E-state index in [1.54, 1.807) is 37.3 Å². The third-order valence-corrected chi connectivity index (χ3v) is 4.83. The van der Waals surface area contributed by atoms with Crippen LogP contribution in [0.3, 0.4) is 0 Å². The molecule has 0 saturated carbocycles. The molecule has 0 bridgehead atoms. The molecule has 0 aliphatic heterocycles. The van der Waals surface area contributed by atoms with Crippen LogP contribution in [0, 0.1) is 6.92 Å². The molecule has 2 aromatic carbocycles. The summed E-state index contributed by atoms with van der Waals surface area (Å²) in [4.78, 5) is 21.0. The molecule has 0 atom stereocenters. The Morgan fingerprint density at radius 1 is 0.943 bits per heavy atom. The molecule has 0 saturated heterocycles. The standard InChI is InChI=1S/C22H20BrN7O5/c1-11-5-19(27-20-10-18(23)29-30-20)28-22(24-11)35-16-4-3-12(8-17(16)34-2)25-21(33)26-13-6-14(31)9-15(32)7-13/h3-10,31-32H,1-2H3,(H2,25,26,33)(H2,24,27,28,29,30). The quantitative estimate of drug-likeness (QED) is 0.191. The highest BCUT2D eigenvalue weighted by atomic mass is 79.9. The predicted molar refractivity (Wildman–Crippen MR) is 132 cm³/mol. The molecule has 12 nitrogen and oxygen atoms in total. The third kappa shape index (κ3) is 6.29. The number of methoxy groups -OCH3 is 1. The van der Waals surface area contributed by atoms with Crippen LogP contribution in [-0.4, -0.2) is 43.5 Å². The molecule has 0 aliphatic carbocycles. The zero-order valence-electron chi connectivity index (χ0n) is 18.5. The largest absolute Gasteiger partial charge is 0.508 e. The van der Waals surface area contributed by atoms with Crippen molar-refractivity contribution in [3.63, 3.8) is 0 Å². The van der Waals surface area contributed by atoms with Crippen molar-refractivity contribution in [2.45, 2.75) is 6.92 Å². The Balaban J connectivity index is 1.47. The Bertz CT molecular complexity index is 1360. The molecule has 0 unspecified atom stereocenters. The second-order valence-corrected chi connectivity index (χ2v) is 8.04. The van der Waals surface area contributed by atoms with Crippen LogP contribution in [0.1, 0.15) is 5.69 Å². The van der Waals surface area contributed by atoms with E-state index in [1.165, 1.54) is 19.2 Å². The average Bonchev–Trinajstić information content (AvgIpc) is 3.18. The van der Waals surface area contributed by atoms with Crippen LogP contribution in [0.5, 0.6) is 29.0 Å². The number of rotatable bonds is 7. The molecule has 0 fully saturated rings. The number of aryl methyl sites for hydroxylation is 1. The number of nitrogens with zero attached hydrogens (tertiary/aromatic N) is 3. The van der Waals surface area contributed by atoms with E-state index >= 15 is 0 Å². The van der Waals surface area contributed by atoms with Crippen LogP contribution < -0.4 is 25.4 Å². The highest BCUT2D eigenvalue weighted by Gasteiger charge is 2.13. The zero-order chi connectivity index (χ0) is 24.9. The number of urea groups is 1. The van der Waals surface area contributed by atoms with Gasteiger partial charge in [-0.3, -0.25) is 5.10 Å². The third-order valence-electron chi connectivity index (χ3n) is 4.42. The van der Waals surface area contributed by atoms with E-state index in [4.69, 9.17) is 9.47 Å². The van der Waals surface area contributed by atoms with E-state index in [0.29, 0.717) is 34.5 Å². The van der Waals surface area contributed by atoms with Gasteiger partial charge in [-0.05, 0) is 35.0 Å². The smallest absolute Gasteiger partial charge is 0.324 e. The minimum Gasteiger partial charge on any atom is -0.508 e. The SMILES string of the molecule is COc1cc(NC(=O)Nc2cc(O)cc(O)c2)ccc1Oc1nc(C)cc(Nc2cc(Br)[nH]n2)n1. The summed E-state index contributed by atoms with van der Waals surface area (Å²) in [6, 6.07) is 11.5. The van der Waals surface area contributed by atoms with Crippen molar-refractivity contribution in [2.75, 3.05) is 23.1 Å². The molecular formula is C22H20BrN7O5. The molecule has 180 valence electrons.